The van der Waals surface area contributed by atoms with Gasteiger partial charge in [0.05, 0.1) is 23.6 Å². The zero-order chi connectivity index (χ0) is 27.9. The summed E-state index contributed by atoms with van der Waals surface area (Å²) < 4.78 is 0. The molecule has 3 amide bonds. The minimum Gasteiger partial charge on any atom is -0.465 e. The van der Waals surface area contributed by atoms with Gasteiger partial charge >= 0.3 is 6.09 Å². The first kappa shape index (κ1) is 27.8. The van der Waals surface area contributed by atoms with Gasteiger partial charge in [-0.25, -0.2) is 4.79 Å². The van der Waals surface area contributed by atoms with E-state index in [1.807, 2.05) is 72.6 Å². The summed E-state index contributed by atoms with van der Waals surface area (Å²) in [6.45, 7) is 3.39. The molecule has 0 unspecified atom stereocenters. The van der Waals surface area contributed by atoms with Crippen LogP contribution in [0.3, 0.4) is 0 Å². The highest BCUT2D eigenvalue weighted by atomic mass is 16.4. The number of nitrogens with zero attached hydrogens (tertiary/aromatic N) is 2. The molecule has 0 aliphatic heterocycles. The van der Waals surface area contributed by atoms with Gasteiger partial charge in [0.2, 0.25) is 11.8 Å². The van der Waals surface area contributed by atoms with Gasteiger partial charge in [-0.3, -0.25) is 14.6 Å². The lowest BCUT2D eigenvalue weighted by Gasteiger charge is -2.34. The van der Waals surface area contributed by atoms with Crippen LogP contribution in [0.4, 0.5) is 10.5 Å². The molecule has 1 fully saturated rings. The molecule has 0 radical (unpaired) electrons. The average Bonchev–Trinajstić information content (AvgIpc) is 2.93. The first-order chi connectivity index (χ1) is 18.7. The highest BCUT2D eigenvalue weighted by Gasteiger charge is 2.26. The van der Waals surface area contributed by atoms with Crippen LogP contribution in [-0.4, -0.2) is 46.0 Å². The van der Waals surface area contributed by atoms with Crippen LogP contribution >= 0.6 is 0 Å². The van der Waals surface area contributed by atoms with Gasteiger partial charge in [0, 0.05) is 37.6 Å². The van der Waals surface area contributed by atoms with E-state index in [2.05, 4.69) is 10.6 Å². The third-order valence-electron chi connectivity index (χ3n) is 7.62. The number of aromatic nitrogens is 1. The van der Waals surface area contributed by atoms with Crippen LogP contribution in [-0.2, 0) is 9.59 Å². The third-order valence-corrected chi connectivity index (χ3v) is 7.62. The van der Waals surface area contributed by atoms with Gasteiger partial charge in [0.25, 0.3) is 0 Å². The standard InChI is InChI=1S/C31H36N4O4/c1-20(33-31(38)39)23-11-13-25(14-12-23)30-28(24-7-5-4-6-8-24)18-26(19-32-30)34-29(37)17-22-9-15-27(16-10-22)35(3)21(2)36/h4-8,11-14,18-20,22,27,33H,9-10,15-17H2,1-3H3,(H,34,37)(H,38,39)/t20-,22-,27-/m1/s1. The van der Waals surface area contributed by atoms with Crippen molar-refractivity contribution in [2.75, 3.05) is 12.4 Å². The maximum atomic E-state index is 12.9. The van der Waals surface area contributed by atoms with E-state index in [4.69, 9.17) is 10.1 Å². The molecule has 1 saturated carbocycles. The number of hydrogen-bond donors (Lipinski definition) is 3. The second kappa shape index (κ2) is 12.6. The van der Waals surface area contributed by atoms with E-state index in [1.54, 1.807) is 20.0 Å². The lowest BCUT2D eigenvalue weighted by molar-refractivity contribution is -0.130. The van der Waals surface area contributed by atoms with Crippen LogP contribution in [0.1, 0.15) is 57.6 Å². The molecule has 1 aliphatic rings. The van der Waals surface area contributed by atoms with Crippen LogP contribution in [0.25, 0.3) is 22.4 Å². The predicted molar refractivity (Wildman–Crippen MR) is 152 cm³/mol. The number of rotatable bonds is 8. The normalized spacial score (nSPS) is 17.6. The number of pyridine rings is 1. The molecule has 39 heavy (non-hydrogen) atoms. The average molecular weight is 529 g/mol. The molecule has 1 atom stereocenters. The van der Waals surface area contributed by atoms with Gasteiger partial charge in [-0.05, 0) is 55.7 Å². The summed E-state index contributed by atoms with van der Waals surface area (Å²) in [5, 5.41) is 14.5. The number of nitrogens with one attached hydrogen (secondary N) is 2. The van der Waals surface area contributed by atoms with Crippen molar-refractivity contribution in [3.63, 3.8) is 0 Å². The fraction of sp³-hybridized carbons (Fsp3) is 0.355. The molecule has 3 aromatic rings. The summed E-state index contributed by atoms with van der Waals surface area (Å²) in [6, 6.07) is 19.4. The van der Waals surface area contributed by atoms with Crippen LogP contribution in [0.15, 0.2) is 66.9 Å². The maximum Gasteiger partial charge on any atom is 0.405 e. The summed E-state index contributed by atoms with van der Waals surface area (Å²) >= 11 is 0. The molecule has 3 N–H and O–H groups in total. The number of amides is 3. The highest BCUT2D eigenvalue weighted by molar-refractivity contribution is 5.93. The van der Waals surface area contributed by atoms with Crippen LogP contribution < -0.4 is 10.6 Å². The second-order valence-corrected chi connectivity index (χ2v) is 10.3. The van der Waals surface area contributed by atoms with Gasteiger partial charge < -0.3 is 20.6 Å². The zero-order valence-corrected chi connectivity index (χ0v) is 22.7. The molecule has 2 aromatic carbocycles. The van der Waals surface area contributed by atoms with E-state index in [9.17, 15) is 14.4 Å². The van der Waals surface area contributed by atoms with Crippen LogP contribution in [0.2, 0.25) is 0 Å². The summed E-state index contributed by atoms with van der Waals surface area (Å²) in [5.74, 6) is 0.359. The van der Waals surface area contributed by atoms with Crippen molar-refractivity contribution in [2.24, 2.45) is 5.92 Å². The largest absolute Gasteiger partial charge is 0.465 e. The Morgan fingerprint density at radius 1 is 1.00 bits per heavy atom. The quantitative estimate of drug-likeness (QED) is 0.327. The second-order valence-electron chi connectivity index (χ2n) is 10.3. The summed E-state index contributed by atoms with van der Waals surface area (Å²) in [7, 11) is 1.85. The van der Waals surface area contributed by atoms with E-state index in [0.717, 1.165) is 53.6 Å². The molecular weight excluding hydrogens is 492 g/mol. The molecule has 0 saturated heterocycles. The molecule has 8 nitrogen and oxygen atoms in total. The molecule has 1 aliphatic carbocycles. The Hall–Kier alpha value is -4.20. The van der Waals surface area contributed by atoms with Crippen molar-refractivity contribution < 1.29 is 19.5 Å². The van der Waals surface area contributed by atoms with Gasteiger partial charge in [0.1, 0.15) is 0 Å². The van der Waals surface area contributed by atoms with Crippen LogP contribution in [0.5, 0.6) is 0 Å². The van der Waals surface area contributed by atoms with Gasteiger partial charge in [0.15, 0.2) is 0 Å². The Balaban J connectivity index is 1.48. The van der Waals surface area contributed by atoms with Crippen molar-refractivity contribution in [1.82, 2.24) is 15.2 Å². The number of benzene rings is 2. The highest BCUT2D eigenvalue weighted by Crippen LogP contribution is 2.34. The van der Waals surface area contributed by atoms with E-state index in [0.29, 0.717) is 18.0 Å². The lowest BCUT2D eigenvalue weighted by atomic mass is 9.83. The van der Waals surface area contributed by atoms with Gasteiger partial charge in [-0.15, -0.1) is 0 Å². The smallest absolute Gasteiger partial charge is 0.405 e. The minimum absolute atomic E-state index is 0.0313. The number of carbonyl (C=O) groups is 3. The van der Waals surface area contributed by atoms with Crippen molar-refractivity contribution in [1.29, 1.82) is 0 Å². The molecule has 4 rings (SSSR count). The maximum absolute atomic E-state index is 12.9. The Morgan fingerprint density at radius 3 is 2.28 bits per heavy atom. The minimum atomic E-state index is -1.06. The topological polar surface area (TPSA) is 112 Å². The number of anilines is 1. The third kappa shape index (κ3) is 7.22. The SMILES string of the molecule is CC(=O)N(C)[C@H]1CC[C@H](CC(=O)Nc2cnc(-c3ccc([C@@H](C)NC(=O)O)cc3)c(-c3ccccc3)c2)CC1. The number of carboxylic acid groups (broad SMARTS) is 1. The van der Waals surface area contributed by atoms with E-state index >= 15 is 0 Å². The van der Waals surface area contributed by atoms with Crippen molar-refractivity contribution >= 4 is 23.6 Å². The fourth-order valence-corrected chi connectivity index (χ4v) is 5.27. The summed E-state index contributed by atoms with van der Waals surface area (Å²) in [5.41, 5.74) is 5.04. The Morgan fingerprint density at radius 2 is 1.67 bits per heavy atom. The van der Waals surface area contributed by atoms with Crippen LogP contribution in [0, 0.1) is 5.92 Å². The van der Waals surface area contributed by atoms with E-state index in [1.165, 1.54) is 0 Å². The number of hydrogen-bond acceptors (Lipinski definition) is 4. The first-order valence-corrected chi connectivity index (χ1v) is 13.4. The summed E-state index contributed by atoms with van der Waals surface area (Å²) in [4.78, 5) is 42.1. The number of carbonyl (C=O) groups excluding carboxylic acids is 2. The molecule has 1 heterocycles. The summed E-state index contributed by atoms with van der Waals surface area (Å²) in [6.07, 6.45) is 4.77. The molecule has 0 bridgehead atoms. The monoisotopic (exact) mass is 528 g/mol. The van der Waals surface area contributed by atoms with Gasteiger partial charge in [-0.1, -0.05) is 54.6 Å². The molecule has 0 spiro atoms. The molecule has 8 heteroatoms. The Bertz CT molecular complexity index is 1300. The molecule has 204 valence electrons. The van der Waals surface area contributed by atoms with Gasteiger partial charge in [-0.2, -0.15) is 0 Å². The fourth-order valence-electron chi connectivity index (χ4n) is 5.27. The molecule has 1 aromatic heterocycles. The van der Waals surface area contributed by atoms with E-state index in [-0.39, 0.29) is 23.9 Å². The van der Waals surface area contributed by atoms with Crippen molar-refractivity contribution in [2.45, 2.75) is 58.0 Å². The Labute approximate surface area is 229 Å². The van der Waals surface area contributed by atoms with E-state index < -0.39 is 6.09 Å². The van der Waals surface area contributed by atoms with Crippen molar-refractivity contribution in [3.8, 4) is 22.4 Å². The first-order valence-electron chi connectivity index (χ1n) is 13.4. The Kier molecular flexibility index (Phi) is 8.96. The lowest BCUT2D eigenvalue weighted by Crippen LogP contribution is -2.38. The molecular formula is C31H36N4O4. The predicted octanol–water partition coefficient (Wildman–Crippen LogP) is 6.11. The van der Waals surface area contributed by atoms with Crippen molar-refractivity contribution in [3.05, 3.63) is 72.4 Å². The zero-order valence-electron chi connectivity index (χ0n) is 22.7.